The van der Waals surface area contributed by atoms with Crippen LogP contribution in [-0.4, -0.2) is 18.4 Å². The molecule has 7 heteroatoms. The summed E-state index contributed by atoms with van der Waals surface area (Å²) < 4.78 is 20.9. The van der Waals surface area contributed by atoms with Crippen molar-refractivity contribution < 1.29 is 18.7 Å². The summed E-state index contributed by atoms with van der Waals surface area (Å²) in [5.74, 6) is -0.967. The fourth-order valence-electron chi connectivity index (χ4n) is 3.24. The van der Waals surface area contributed by atoms with Crippen LogP contribution in [0.25, 0.3) is 10.8 Å². The molecule has 32 heavy (non-hydrogen) atoms. The van der Waals surface area contributed by atoms with Gasteiger partial charge in [0, 0.05) is 34.0 Å². The van der Waals surface area contributed by atoms with E-state index in [-0.39, 0.29) is 28.6 Å². The minimum absolute atomic E-state index is 0.0128. The molecule has 0 unspecified atom stereocenters. The third-order valence-corrected chi connectivity index (χ3v) is 5.26. The molecule has 3 aromatic carbocycles. The topological polar surface area (TPSA) is 67.4 Å². The Morgan fingerprint density at radius 1 is 1.03 bits per heavy atom. The predicted molar refractivity (Wildman–Crippen MR) is 126 cm³/mol. The highest BCUT2D eigenvalue weighted by Crippen LogP contribution is 2.32. The highest BCUT2D eigenvalue weighted by atomic mass is 35.5. The molecule has 0 atom stereocenters. The molecule has 0 aliphatic heterocycles. The number of nitrogens with one attached hydrogen (secondary N) is 2. The van der Waals surface area contributed by atoms with Gasteiger partial charge in [-0.2, -0.15) is 0 Å². The summed E-state index contributed by atoms with van der Waals surface area (Å²) in [5, 5.41) is 7.03. The first-order valence-corrected chi connectivity index (χ1v) is 10.7. The first-order chi connectivity index (χ1) is 15.1. The zero-order valence-corrected chi connectivity index (χ0v) is 19.3. The summed E-state index contributed by atoms with van der Waals surface area (Å²) in [4.78, 5) is 25.1. The molecule has 3 aromatic rings. The van der Waals surface area contributed by atoms with Crippen LogP contribution in [0.3, 0.4) is 0 Å². The maximum absolute atomic E-state index is 15.2. The van der Waals surface area contributed by atoms with Crippen LogP contribution in [0, 0.1) is 11.2 Å². The second-order valence-corrected chi connectivity index (χ2v) is 8.78. The Balaban J connectivity index is 1.90. The van der Waals surface area contributed by atoms with Crippen molar-refractivity contribution in [3.05, 3.63) is 70.5 Å². The zero-order valence-electron chi connectivity index (χ0n) is 18.5. The van der Waals surface area contributed by atoms with Crippen molar-refractivity contribution in [1.29, 1.82) is 0 Å². The molecule has 0 aliphatic carbocycles. The lowest BCUT2D eigenvalue weighted by Gasteiger charge is -2.18. The van der Waals surface area contributed by atoms with Gasteiger partial charge in [0.05, 0.1) is 17.2 Å². The third kappa shape index (κ3) is 5.02. The number of carbonyl (C=O) groups excluding carboxylic acids is 2. The Labute approximate surface area is 191 Å². The maximum atomic E-state index is 15.2. The van der Waals surface area contributed by atoms with E-state index in [4.69, 9.17) is 16.3 Å². The molecule has 0 aromatic heterocycles. The van der Waals surface area contributed by atoms with Gasteiger partial charge in [0.15, 0.2) is 0 Å². The van der Waals surface area contributed by atoms with E-state index < -0.39 is 17.1 Å². The molecule has 3 rings (SSSR count). The van der Waals surface area contributed by atoms with Gasteiger partial charge in [-0.3, -0.25) is 9.59 Å². The molecule has 0 spiro atoms. The van der Waals surface area contributed by atoms with Gasteiger partial charge in [0.1, 0.15) is 11.6 Å². The molecule has 0 heterocycles. The van der Waals surface area contributed by atoms with Crippen LogP contribution in [0.5, 0.6) is 5.75 Å². The number of amides is 2. The normalized spacial score (nSPS) is 11.3. The molecular formula is C25H26ClFN2O3. The minimum Gasteiger partial charge on any atom is -0.493 e. The van der Waals surface area contributed by atoms with Gasteiger partial charge in [-0.1, -0.05) is 62.7 Å². The van der Waals surface area contributed by atoms with Gasteiger partial charge in [-0.15, -0.1) is 0 Å². The van der Waals surface area contributed by atoms with Crippen molar-refractivity contribution in [3.8, 4) is 5.75 Å². The predicted octanol–water partition coefficient (Wildman–Crippen LogP) is 5.95. The third-order valence-electron chi connectivity index (χ3n) is 4.95. The van der Waals surface area contributed by atoms with E-state index in [9.17, 15) is 9.59 Å². The highest BCUT2D eigenvalue weighted by Gasteiger charge is 2.23. The Kier molecular flexibility index (Phi) is 7.04. The fourth-order valence-corrected chi connectivity index (χ4v) is 3.47. The number of fused-ring (bicyclic) bond motifs is 1. The van der Waals surface area contributed by atoms with Crippen LogP contribution in [0.15, 0.2) is 48.5 Å². The number of carbonyl (C=O) groups is 2. The smallest absolute Gasteiger partial charge is 0.260 e. The first-order valence-electron chi connectivity index (χ1n) is 10.3. The Hall–Kier alpha value is -3.12. The van der Waals surface area contributed by atoms with Crippen molar-refractivity contribution in [3.63, 3.8) is 0 Å². The van der Waals surface area contributed by atoms with Gasteiger partial charge in [0.2, 0.25) is 5.91 Å². The quantitative estimate of drug-likeness (QED) is 0.482. The van der Waals surface area contributed by atoms with Gasteiger partial charge >= 0.3 is 0 Å². The SMILES string of the molecule is CCOc1cccc2c(NC(=O)c3c(Cl)ccc(CNC(=O)C(C)(C)C)c3F)cccc12. The number of ether oxygens (including phenoxy) is 1. The molecule has 5 nitrogen and oxygen atoms in total. The van der Waals surface area contributed by atoms with E-state index >= 15 is 4.39 Å². The number of rotatable bonds is 6. The lowest BCUT2D eigenvalue weighted by atomic mass is 9.95. The lowest BCUT2D eigenvalue weighted by molar-refractivity contribution is -0.128. The molecule has 0 saturated heterocycles. The fraction of sp³-hybridized carbons (Fsp3) is 0.280. The second kappa shape index (κ2) is 9.57. The van der Waals surface area contributed by atoms with E-state index in [0.717, 1.165) is 10.8 Å². The summed E-state index contributed by atoms with van der Waals surface area (Å²) in [5.41, 5.74) is -0.200. The van der Waals surface area contributed by atoms with Gasteiger partial charge in [0.25, 0.3) is 5.91 Å². The Morgan fingerprint density at radius 2 is 1.72 bits per heavy atom. The molecule has 0 fully saturated rings. The summed E-state index contributed by atoms with van der Waals surface area (Å²) in [6.45, 7) is 7.65. The molecule has 0 saturated carbocycles. The van der Waals surface area contributed by atoms with Crippen molar-refractivity contribution in [2.24, 2.45) is 5.41 Å². The first kappa shape index (κ1) is 23.5. The zero-order chi connectivity index (χ0) is 23.5. The van der Waals surface area contributed by atoms with Crippen molar-refractivity contribution in [2.75, 3.05) is 11.9 Å². The van der Waals surface area contributed by atoms with Crippen LogP contribution < -0.4 is 15.4 Å². The molecule has 2 N–H and O–H groups in total. The number of benzene rings is 3. The summed E-state index contributed by atoms with van der Waals surface area (Å²) >= 11 is 6.17. The largest absolute Gasteiger partial charge is 0.493 e. The van der Waals surface area contributed by atoms with Gasteiger partial charge < -0.3 is 15.4 Å². The highest BCUT2D eigenvalue weighted by molar-refractivity contribution is 6.34. The molecule has 2 amide bonds. The van der Waals surface area contributed by atoms with Crippen LogP contribution in [0.4, 0.5) is 10.1 Å². The van der Waals surface area contributed by atoms with E-state index in [2.05, 4.69) is 10.6 Å². The molecular weight excluding hydrogens is 431 g/mol. The number of halogens is 2. The van der Waals surface area contributed by atoms with Crippen LogP contribution >= 0.6 is 11.6 Å². The van der Waals surface area contributed by atoms with Crippen molar-refractivity contribution in [1.82, 2.24) is 5.32 Å². The van der Waals surface area contributed by atoms with Crippen LogP contribution in [0.1, 0.15) is 43.6 Å². The maximum Gasteiger partial charge on any atom is 0.260 e. The summed E-state index contributed by atoms with van der Waals surface area (Å²) in [6, 6.07) is 13.9. The molecule has 0 bridgehead atoms. The standard InChI is InChI=1S/C25H26ClFN2O3/c1-5-32-20-11-7-8-16-17(20)9-6-10-19(16)29-23(30)21-18(26)13-12-15(22(21)27)14-28-24(31)25(2,3)4/h6-13H,5,14H2,1-4H3,(H,28,31)(H,29,30). The second-order valence-electron chi connectivity index (χ2n) is 8.37. The van der Waals surface area contributed by atoms with E-state index in [1.807, 2.05) is 31.2 Å². The van der Waals surface area contributed by atoms with Crippen LogP contribution in [-0.2, 0) is 11.3 Å². The lowest BCUT2D eigenvalue weighted by Crippen LogP contribution is -2.34. The van der Waals surface area contributed by atoms with Crippen molar-refractivity contribution in [2.45, 2.75) is 34.2 Å². The Morgan fingerprint density at radius 3 is 2.41 bits per heavy atom. The molecule has 0 aliphatic rings. The average Bonchev–Trinajstić information content (AvgIpc) is 2.73. The minimum atomic E-state index is -0.764. The average molecular weight is 457 g/mol. The number of hydrogen-bond acceptors (Lipinski definition) is 3. The van der Waals surface area contributed by atoms with E-state index in [1.54, 1.807) is 32.9 Å². The van der Waals surface area contributed by atoms with E-state index in [0.29, 0.717) is 18.0 Å². The van der Waals surface area contributed by atoms with Gasteiger partial charge in [-0.25, -0.2) is 4.39 Å². The molecule has 0 radical (unpaired) electrons. The van der Waals surface area contributed by atoms with Crippen LogP contribution in [0.2, 0.25) is 5.02 Å². The number of hydrogen-bond donors (Lipinski definition) is 2. The monoisotopic (exact) mass is 456 g/mol. The molecule has 168 valence electrons. The summed E-state index contributed by atoms with van der Waals surface area (Å²) in [7, 11) is 0. The summed E-state index contributed by atoms with van der Waals surface area (Å²) in [6.07, 6.45) is 0. The van der Waals surface area contributed by atoms with Gasteiger partial charge in [-0.05, 0) is 25.1 Å². The Bertz CT molecular complexity index is 1170. The number of anilines is 1. The van der Waals surface area contributed by atoms with Crippen molar-refractivity contribution >= 4 is 39.9 Å². The van der Waals surface area contributed by atoms with E-state index in [1.165, 1.54) is 12.1 Å².